The molecule has 0 spiro atoms. The molecule has 0 fully saturated rings. The highest BCUT2D eigenvalue weighted by Crippen LogP contribution is 2.33. The molecule has 0 bridgehead atoms. The third-order valence-corrected chi connectivity index (χ3v) is 5.72. The number of benzene rings is 2. The molecule has 4 aromatic rings. The fourth-order valence-corrected chi connectivity index (χ4v) is 3.69. The number of nitrogens with zero attached hydrogens (tertiary/aromatic N) is 1. The van der Waals surface area contributed by atoms with Gasteiger partial charge in [0.15, 0.2) is 5.76 Å². The molecule has 30 heavy (non-hydrogen) atoms. The standard InChI is InChI=1S/C24H19Cl2NO3/c1-2-3-4-14-5-7-15(8-6-14)22-9-10-23(30-22)21-12-17(24(28)29)16-11-18(25)19(26)13-20(16)27-21/h5-13H,2-4H2,1H3,(H,28,29). The summed E-state index contributed by atoms with van der Waals surface area (Å²) >= 11 is 12.2. The van der Waals surface area contributed by atoms with Gasteiger partial charge in [0.25, 0.3) is 0 Å². The van der Waals surface area contributed by atoms with Crippen molar-refractivity contribution in [3.05, 3.63) is 75.8 Å². The molecule has 1 N–H and O–H groups in total. The maximum atomic E-state index is 11.8. The number of halogens is 2. The highest BCUT2D eigenvalue weighted by Gasteiger charge is 2.17. The summed E-state index contributed by atoms with van der Waals surface area (Å²) in [6.45, 7) is 2.18. The molecule has 0 saturated carbocycles. The lowest BCUT2D eigenvalue weighted by Crippen LogP contribution is -2.00. The maximum absolute atomic E-state index is 11.8. The lowest BCUT2D eigenvalue weighted by molar-refractivity contribution is 0.0699. The van der Waals surface area contributed by atoms with Gasteiger partial charge in [-0.25, -0.2) is 9.78 Å². The van der Waals surface area contributed by atoms with Gasteiger partial charge in [-0.15, -0.1) is 0 Å². The number of carbonyl (C=O) groups is 1. The Morgan fingerprint density at radius 3 is 2.40 bits per heavy atom. The lowest BCUT2D eigenvalue weighted by atomic mass is 10.1. The molecule has 0 aliphatic rings. The molecule has 0 amide bonds. The molecule has 2 aromatic carbocycles. The summed E-state index contributed by atoms with van der Waals surface area (Å²) in [5.41, 5.74) is 3.20. The van der Waals surface area contributed by atoms with Crippen molar-refractivity contribution < 1.29 is 14.3 Å². The summed E-state index contributed by atoms with van der Waals surface area (Å²) in [7, 11) is 0. The lowest BCUT2D eigenvalue weighted by Gasteiger charge is -2.07. The molecule has 0 aliphatic carbocycles. The quantitative estimate of drug-likeness (QED) is 0.337. The summed E-state index contributed by atoms with van der Waals surface area (Å²) in [5, 5.41) is 10.7. The van der Waals surface area contributed by atoms with Gasteiger partial charge < -0.3 is 9.52 Å². The van der Waals surface area contributed by atoms with Gasteiger partial charge >= 0.3 is 5.97 Å². The van der Waals surface area contributed by atoms with Crippen LogP contribution in [0, 0.1) is 0 Å². The Morgan fingerprint density at radius 2 is 1.70 bits per heavy atom. The average Bonchev–Trinajstić information content (AvgIpc) is 3.23. The number of carboxylic acids is 1. The van der Waals surface area contributed by atoms with Gasteiger partial charge in [-0.3, -0.25) is 0 Å². The molecule has 2 aromatic heterocycles. The van der Waals surface area contributed by atoms with Gasteiger partial charge in [0.05, 0.1) is 21.1 Å². The van der Waals surface area contributed by atoms with Crippen molar-refractivity contribution >= 4 is 40.1 Å². The molecule has 4 rings (SSSR count). The van der Waals surface area contributed by atoms with Crippen molar-refractivity contribution in [2.24, 2.45) is 0 Å². The van der Waals surface area contributed by atoms with Crippen LogP contribution >= 0.6 is 23.2 Å². The largest absolute Gasteiger partial charge is 0.478 e. The Bertz CT molecular complexity index is 1230. The van der Waals surface area contributed by atoms with Crippen LogP contribution in [0.4, 0.5) is 0 Å². The van der Waals surface area contributed by atoms with E-state index in [0.717, 1.165) is 18.4 Å². The van der Waals surface area contributed by atoms with Crippen molar-refractivity contribution in [3.63, 3.8) is 0 Å². The Kier molecular flexibility index (Phi) is 5.80. The molecule has 2 heterocycles. The summed E-state index contributed by atoms with van der Waals surface area (Å²) in [6, 6.07) is 16.5. The SMILES string of the molecule is CCCCc1ccc(-c2ccc(-c3cc(C(=O)O)c4cc(Cl)c(Cl)cc4n3)o2)cc1. The van der Waals surface area contributed by atoms with E-state index >= 15 is 0 Å². The third-order valence-electron chi connectivity index (χ3n) is 5.00. The van der Waals surface area contributed by atoms with E-state index in [1.807, 2.05) is 18.2 Å². The molecular weight excluding hydrogens is 421 g/mol. The third kappa shape index (κ3) is 4.07. The maximum Gasteiger partial charge on any atom is 0.336 e. The van der Waals surface area contributed by atoms with Crippen molar-refractivity contribution in [1.29, 1.82) is 0 Å². The van der Waals surface area contributed by atoms with Crippen LogP contribution in [-0.4, -0.2) is 16.1 Å². The molecule has 0 radical (unpaired) electrons. The van der Waals surface area contributed by atoms with Crippen LogP contribution in [0.15, 0.2) is 59.0 Å². The first-order valence-electron chi connectivity index (χ1n) is 9.69. The van der Waals surface area contributed by atoms with Gasteiger partial charge in [-0.2, -0.15) is 0 Å². The van der Waals surface area contributed by atoms with E-state index in [0.29, 0.717) is 33.1 Å². The summed E-state index contributed by atoms with van der Waals surface area (Å²) < 4.78 is 6.00. The Balaban J connectivity index is 1.72. The molecule has 0 atom stereocenters. The van der Waals surface area contributed by atoms with E-state index in [2.05, 4.69) is 24.0 Å². The van der Waals surface area contributed by atoms with E-state index in [1.165, 1.54) is 24.1 Å². The number of hydrogen-bond donors (Lipinski definition) is 1. The summed E-state index contributed by atoms with van der Waals surface area (Å²) in [5.74, 6) is 0.104. The van der Waals surface area contributed by atoms with E-state index in [9.17, 15) is 9.90 Å². The zero-order valence-electron chi connectivity index (χ0n) is 16.3. The zero-order chi connectivity index (χ0) is 21.3. The molecule has 6 heteroatoms. The molecule has 0 aliphatic heterocycles. The highest BCUT2D eigenvalue weighted by atomic mass is 35.5. The van der Waals surface area contributed by atoms with Crippen LogP contribution in [-0.2, 0) is 6.42 Å². The van der Waals surface area contributed by atoms with Gasteiger partial charge in [0.2, 0.25) is 0 Å². The van der Waals surface area contributed by atoms with Crippen molar-refractivity contribution in [3.8, 4) is 22.8 Å². The van der Waals surface area contributed by atoms with Gasteiger partial charge in [0.1, 0.15) is 11.5 Å². The predicted octanol–water partition coefficient (Wildman–Crippen LogP) is 7.51. The van der Waals surface area contributed by atoms with E-state index < -0.39 is 5.97 Å². The van der Waals surface area contributed by atoms with E-state index in [-0.39, 0.29) is 10.6 Å². The number of fused-ring (bicyclic) bond motifs is 1. The van der Waals surface area contributed by atoms with Crippen LogP contribution in [0.5, 0.6) is 0 Å². The first kappa shape index (κ1) is 20.5. The Morgan fingerprint density at radius 1 is 1.00 bits per heavy atom. The number of carboxylic acid groups (broad SMARTS) is 1. The molecule has 0 unspecified atom stereocenters. The highest BCUT2D eigenvalue weighted by molar-refractivity contribution is 6.42. The fourth-order valence-electron chi connectivity index (χ4n) is 3.37. The second kappa shape index (κ2) is 8.50. The van der Waals surface area contributed by atoms with Crippen LogP contribution < -0.4 is 0 Å². The second-order valence-corrected chi connectivity index (χ2v) is 7.92. The van der Waals surface area contributed by atoms with Crippen LogP contribution in [0.2, 0.25) is 10.0 Å². The van der Waals surface area contributed by atoms with Crippen molar-refractivity contribution in [1.82, 2.24) is 4.98 Å². The smallest absolute Gasteiger partial charge is 0.336 e. The van der Waals surface area contributed by atoms with Gasteiger partial charge in [0, 0.05) is 10.9 Å². The summed E-state index contributed by atoms with van der Waals surface area (Å²) in [6.07, 6.45) is 3.39. The van der Waals surface area contributed by atoms with E-state index in [4.69, 9.17) is 27.6 Å². The van der Waals surface area contributed by atoms with Crippen molar-refractivity contribution in [2.75, 3.05) is 0 Å². The topological polar surface area (TPSA) is 63.3 Å². The number of aromatic carboxylic acids is 1. The van der Waals surface area contributed by atoms with E-state index in [1.54, 1.807) is 12.1 Å². The predicted molar refractivity (Wildman–Crippen MR) is 120 cm³/mol. The van der Waals surface area contributed by atoms with Gasteiger partial charge in [-0.05, 0) is 48.7 Å². The minimum Gasteiger partial charge on any atom is -0.478 e. The normalized spacial score (nSPS) is 11.2. The second-order valence-electron chi connectivity index (χ2n) is 7.11. The Labute approximate surface area is 184 Å². The molecule has 4 nitrogen and oxygen atoms in total. The van der Waals surface area contributed by atoms with Crippen molar-refractivity contribution in [2.45, 2.75) is 26.2 Å². The minimum atomic E-state index is -1.07. The zero-order valence-corrected chi connectivity index (χ0v) is 17.8. The number of hydrogen-bond acceptors (Lipinski definition) is 3. The monoisotopic (exact) mass is 439 g/mol. The number of aromatic nitrogens is 1. The first-order valence-corrected chi connectivity index (χ1v) is 10.4. The van der Waals surface area contributed by atoms with Crippen LogP contribution in [0.3, 0.4) is 0 Å². The fraction of sp³-hybridized carbons (Fsp3) is 0.167. The number of pyridine rings is 1. The number of unbranched alkanes of at least 4 members (excludes halogenated alkanes) is 1. The number of aryl methyl sites for hydroxylation is 1. The average molecular weight is 440 g/mol. The number of furan rings is 1. The van der Waals surface area contributed by atoms with Crippen LogP contribution in [0.25, 0.3) is 33.7 Å². The first-order chi connectivity index (χ1) is 14.5. The van der Waals surface area contributed by atoms with Gasteiger partial charge in [-0.1, -0.05) is 60.8 Å². The number of rotatable bonds is 6. The molecule has 0 saturated heterocycles. The van der Waals surface area contributed by atoms with Crippen LogP contribution in [0.1, 0.15) is 35.7 Å². The summed E-state index contributed by atoms with van der Waals surface area (Å²) in [4.78, 5) is 16.3. The minimum absolute atomic E-state index is 0.0896. The Hall–Kier alpha value is -2.82. The molecular formula is C24H19Cl2NO3. The molecule has 152 valence electrons.